The molecular formula is C18H29F3N2O2. The number of allylic oxidation sites excluding steroid dienone is 1. The number of piperidine rings is 2. The van der Waals surface area contributed by atoms with Crippen LogP contribution in [0.3, 0.4) is 0 Å². The van der Waals surface area contributed by atoms with Gasteiger partial charge in [-0.15, -0.1) is 0 Å². The molecule has 2 rings (SSSR count). The van der Waals surface area contributed by atoms with Crippen LogP contribution in [0.25, 0.3) is 0 Å². The van der Waals surface area contributed by atoms with E-state index in [1.165, 1.54) is 10.5 Å². The SMILES string of the molecule is CC(C)=CCN1CC[C@@H](O)[C@]2(CCCN(C(=O)CCC(F)(F)F)C2)C1. The van der Waals surface area contributed by atoms with Crippen LogP contribution in [0.4, 0.5) is 13.2 Å². The first-order chi connectivity index (χ1) is 11.6. The van der Waals surface area contributed by atoms with Crippen LogP contribution in [0.1, 0.15) is 46.0 Å². The van der Waals surface area contributed by atoms with E-state index in [9.17, 15) is 23.1 Å². The van der Waals surface area contributed by atoms with Gasteiger partial charge in [-0.05, 0) is 33.1 Å². The Balaban J connectivity index is 2.00. The summed E-state index contributed by atoms with van der Waals surface area (Å²) in [6.07, 6.45) is -2.08. The Morgan fingerprint density at radius 1 is 1.28 bits per heavy atom. The molecule has 2 atom stereocenters. The number of rotatable bonds is 4. The molecule has 1 amide bonds. The quantitative estimate of drug-likeness (QED) is 0.782. The molecule has 0 aromatic rings. The Bertz CT molecular complexity index is 503. The molecular weight excluding hydrogens is 333 g/mol. The van der Waals surface area contributed by atoms with Gasteiger partial charge in [0.1, 0.15) is 0 Å². The number of likely N-dealkylation sites (tertiary alicyclic amines) is 2. The number of aliphatic hydroxyl groups is 1. The third kappa shape index (κ3) is 5.71. The molecule has 0 unspecified atom stereocenters. The van der Waals surface area contributed by atoms with Crippen LogP contribution in [0.5, 0.6) is 0 Å². The second-order valence-electron chi connectivity index (χ2n) is 7.72. The van der Waals surface area contributed by atoms with E-state index in [0.29, 0.717) is 26.1 Å². The lowest BCUT2D eigenvalue weighted by Crippen LogP contribution is -2.59. The Kier molecular flexibility index (Phi) is 6.54. The molecule has 25 heavy (non-hydrogen) atoms. The highest BCUT2D eigenvalue weighted by molar-refractivity contribution is 5.76. The van der Waals surface area contributed by atoms with Crippen molar-refractivity contribution in [1.29, 1.82) is 0 Å². The monoisotopic (exact) mass is 362 g/mol. The molecule has 1 N–H and O–H groups in total. The van der Waals surface area contributed by atoms with E-state index >= 15 is 0 Å². The van der Waals surface area contributed by atoms with E-state index in [4.69, 9.17) is 0 Å². The minimum absolute atomic E-state index is 0.357. The van der Waals surface area contributed by atoms with Crippen LogP contribution in [0.15, 0.2) is 11.6 Å². The Labute approximate surface area is 147 Å². The Morgan fingerprint density at radius 2 is 2.00 bits per heavy atom. The number of carbonyl (C=O) groups is 1. The molecule has 4 nitrogen and oxygen atoms in total. The summed E-state index contributed by atoms with van der Waals surface area (Å²) in [6, 6.07) is 0. The number of nitrogens with zero attached hydrogens (tertiary/aromatic N) is 2. The zero-order chi connectivity index (χ0) is 18.7. The lowest BCUT2D eigenvalue weighted by atomic mass is 9.71. The van der Waals surface area contributed by atoms with Gasteiger partial charge in [0.15, 0.2) is 0 Å². The van der Waals surface area contributed by atoms with E-state index in [2.05, 4.69) is 11.0 Å². The van der Waals surface area contributed by atoms with Crippen LogP contribution in [-0.2, 0) is 4.79 Å². The number of alkyl halides is 3. The maximum Gasteiger partial charge on any atom is 0.389 e. The minimum Gasteiger partial charge on any atom is -0.392 e. The topological polar surface area (TPSA) is 43.8 Å². The third-order valence-corrected chi connectivity index (χ3v) is 5.31. The normalized spacial score (nSPS) is 28.2. The summed E-state index contributed by atoms with van der Waals surface area (Å²) in [5.74, 6) is -0.454. The molecule has 144 valence electrons. The van der Waals surface area contributed by atoms with Crippen molar-refractivity contribution in [3.05, 3.63) is 11.6 Å². The van der Waals surface area contributed by atoms with Gasteiger partial charge < -0.3 is 10.0 Å². The van der Waals surface area contributed by atoms with Gasteiger partial charge in [-0.25, -0.2) is 0 Å². The molecule has 0 bridgehead atoms. The van der Waals surface area contributed by atoms with Crippen molar-refractivity contribution < 1.29 is 23.1 Å². The van der Waals surface area contributed by atoms with E-state index in [1.54, 1.807) is 0 Å². The first-order valence-electron chi connectivity index (χ1n) is 9.00. The zero-order valence-electron chi connectivity index (χ0n) is 15.1. The molecule has 0 saturated carbocycles. The van der Waals surface area contributed by atoms with Crippen LogP contribution >= 0.6 is 0 Å². The molecule has 1 spiro atoms. The molecule has 2 aliphatic heterocycles. The van der Waals surface area contributed by atoms with Gasteiger partial charge in [0.2, 0.25) is 5.91 Å². The summed E-state index contributed by atoms with van der Waals surface area (Å²) in [5.41, 5.74) is 0.813. The summed E-state index contributed by atoms with van der Waals surface area (Å²) in [4.78, 5) is 16.0. The van der Waals surface area contributed by atoms with Crippen LogP contribution < -0.4 is 0 Å². The summed E-state index contributed by atoms with van der Waals surface area (Å²) in [6.45, 7) is 7.20. The maximum atomic E-state index is 12.4. The lowest BCUT2D eigenvalue weighted by molar-refractivity contribution is -0.154. The molecule has 0 aromatic carbocycles. The van der Waals surface area contributed by atoms with Gasteiger partial charge in [0.25, 0.3) is 0 Å². The Morgan fingerprint density at radius 3 is 2.64 bits per heavy atom. The predicted molar refractivity (Wildman–Crippen MR) is 90.0 cm³/mol. The van der Waals surface area contributed by atoms with Crippen molar-refractivity contribution in [1.82, 2.24) is 9.80 Å². The lowest BCUT2D eigenvalue weighted by Gasteiger charge is -2.51. The van der Waals surface area contributed by atoms with E-state index in [0.717, 1.165) is 25.9 Å². The van der Waals surface area contributed by atoms with Gasteiger partial charge in [-0.2, -0.15) is 13.2 Å². The number of halogens is 3. The first kappa shape index (κ1) is 20.2. The van der Waals surface area contributed by atoms with Gasteiger partial charge in [-0.1, -0.05) is 11.6 Å². The summed E-state index contributed by atoms with van der Waals surface area (Å²) < 4.78 is 37.1. The van der Waals surface area contributed by atoms with Crippen molar-refractivity contribution in [2.24, 2.45) is 5.41 Å². The highest BCUT2D eigenvalue weighted by Crippen LogP contribution is 2.39. The molecule has 2 saturated heterocycles. The number of hydrogen-bond acceptors (Lipinski definition) is 3. The van der Waals surface area contributed by atoms with Crippen molar-refractivity contribution in [2.45, 2.75) is 58.2 Å². The standard InChI is InChI=1S/C18H29F3N2O2/c1-14(2)5-10-22-11-6-15(24)17(12-22)7-3-9-23(13-17)16(25)4-8-18(19,20)21/h5,15,24H,3-4,6-13H2,1-2H3/t15-,17-/m1/s1. The number of aliphatic hydroxyl groups excluding tert-OH is 1. The smallest absolute Gasteiger partial charge is 0.389 e. The Hall–Kier alpha value is -1.08. The maximum absolute atomic E-state index is 12.4. The van der Waals surface area contributed by atoms with Gasteiger partial charge >= 0.3 is 6.18 Å². The number of carbonyl (C=O) groups excluding carboxylic acids is 1. The summed E-state index contributed by atoms with van der Waals surface area (Å²) in [7, 11) is 0. The van der Waals surface area contributed by atoms with Gasteiger partial charge in [0, 0.05) is 44.6 Å². The van der Waals surface area contributed by atoms with Crippen molar-refractivity contribution in [3.8, 4) is 0 Å². The molecule has 2 aliphatic rings. The van der Waals surface area contributed by atoms with E-state index in [1.807, 2.05) is 13.8 Å². The average molecular weight is 362 g/mol. The van der Waals surface area contributed by atoms with E-state index in [-0.39, 0.29) is 0 Å². The fraction of sp³-hybridized carbons (Fsp3) is 0.833. The van der Waals surface area contributed by atoms with Crippen LogP contribution in [0, 0.1) is 5.41 Å². The third-order valence-electron chi connectivity index (χ3n) is 5.31. The average Bonchev–Trinajstić information content (AvgIpc) is 2.53. The van der Waals surface area contributed by atoms with Crippen molar-refractivity contribution in [3.63, 3.8) is 0 Å². The molecule has 0 aromatic heterocycles. The highest BCUT2D eigenvalue weighted by atomic mass is 19.4. The molecule has 0 aliphatic carbocycles. The predicted octanol–water partition coefficient (Wildman–Crippen LogP) is 2.97. The summed E-state index contributed by atoms with van der Waals surface area (Å²) >= 11 is 0. The van der Waals surface area contributed by atoms with Gasteiger partial charge in [-0.3, -0.25) is 9.69 Å². The second-order valence-corrected chi connectivity index (χ2v) is 7.72. The second kappa shape index (κ2) is 8.08. The number of hydrogen-bond donors (Lipinski definition) is 1. The molecule has 0 radical (unpaired) electrons. The summed E-state index contributed by atoms with van der Waals surface area (Å²) in [5, 5.41) is 10.6. The van der Waals surface area contributed by atoms with Crippen molar-refractivity contribution >= 4 is 5.91 Å². The molecule has 2 heterocycles. The molecule has 2 fully saturated rings. The van der Waals surface area contributed by atoms with Gasteiger partial charge in [0.05, 0.1) is 12.5 Å². The highest BCUT2D eigenvalue weighted by Gasteiger charge is 2.46. The van der Waals surface area contributed by atoms with Crippen LogP contribution in [0.2, 0.25) is 0 Å². The largest absolute Gasteiger partial charge is 0.392 e. The first-order valence-corrected chi connectivity index (χ1v) is 9.00. The fourth-order valence-electron chi connectivity index (χ4n) is 3.89. The number of amides is 1. The molecule has 7 heteroatoms. The zero-order valence-corrected chi connectivity index (χ0v) is 15.1. The minimum atomic E-state index is -4.31. The van der Waals surface area contributed by atoms with Crippen molar-refractivity contribution in [2.75, 3.05) is 32.7 Å². The van der Waals surface area contributed by atoms with Crippen LogP contribution in [-0.4, -0.2) is 65.8 Å². The van der Waals surface area contributed by atoms with E-state index < -0.39 is 36.4 Å². The fourth-order valence-corrected chi connectivity index (χ4v) is 3.89.